The number of nitrogens with one attached hydrogen (secondary N) is 1. The Kier molecular flexibility index (Phi) is 11.0. The molecule has 1 aromatic rings. The Labute approximate surface area is 280 Å². The van der Waals surface area contributed by atoms with Crippen molar-refractivity contribution >= 4 is 37.1 Å². The highest BCUT2D eigenvalue weighted by Crippen LogP contribution is 2.56. The van der Waals surface area contributed by atoms with Crippen LogP contribution in [0.3, 0.4) is 0 Å². The summed E-state index contributed by atoms with van der Waals surface area (Å²) in [5, 5.41) is 11.3. The molecule has 0 bridgehead atoms. The van der Waals surface area contributed by atoms with Gasteiger partial charge in [0.1, 0.15) is 18.8 Å². The molecule has 1 fully saturated rings. The van der Waals surface area contributed by atoms with Crippen molar-refractivity contribution in [3.05, 3.63) is 29.8 Å². The minimum atomic E-state index is -6.20. The van der Waals surface area contributed by atoms with Crippen molar-refractivity contribution in [3.63, 3.8) is 0 Å². The van der Waals surface area contributed by atoms with Crippen molar-refractivity contribution in [3.8, 4) is 6.07 Å². The first-order valence-electron chi connectivity index (χ1n) is 15.0. The number of nitrogens with zero attached hydrogens (tertiary/aromatic N) is 4. The number of halogens is 5. The lowest BCUT2D eigenvalue weighted by molar-refractivity contribution is -0.270. The van der Waals surface area contributed by atoms with Crippen molar-refractivity contribution in [2.75, 3.05) is 31.8 Å². The molecule has 2 aliphatic heterocycles. The van der Waals surface area contributed by atoms with Crippen LogP contribution in [0.25, 0.3) is 0 Å². The third-order valence-corrected chi connectivity index (χ3v) is 9.39. The molecule has 19 heteroatoms. The molecule has 1 saturated heterocycles. The molecule has 0 unspecified atom stereocenters. The molecule has 272 valence electrons. The van der Waals surface area contributed by atoms with E-state index in [1.165, 1.54) is 10.2 Å². The van der Waals surface area contributed by atoms with Crippen molar-refractivity contribution in [2.24, 2.45) is 0 Å². The Hall–Kier alpha value is -3.65. The highest BCUT2D eigenvalue weighted by molar-refractivity contribution is 7.48. The fourth-order valence-electron chi connectivity index (χ4n) is 5.41. The predicted molar refractivity (Wildman–Crippen MR) is 163 cm³/mol. The number of benzene rings is 1. The van der Waals surface area contributed by atoms with E-state index in [0.29, 0.717) is 16.2 Å². The molecule has 0 saturated carbocycles. The van der Waals surface area contributed by atoms with Gasteiger partial charge in [-0.2, -0.15) is 27.2 Å². The Balaban J connectivity index is 1.82. The molecule has 4 amide bonds. The summed E-state index contributed by atoms with van der Waals surface area (Å²) >= 11 is 0. The molecule has 13 nitrogen and oxygen atoms in total. The summed E-state index contributed by atoms with van der Waals surface area (Å²) in [4.78, 5) is 54.8. The molecule has 3 rings (SSSR count). The van der Waals surface area contributed by atoms with Gasteiger partial charge in [0.25, 0.3) is 0 Å². The largest absolute Gasteiger partial charge is 0.477 e. The number of likely N-dealkylation sites (N-methyl/N-ethyl adjacent to an activating group) is 1. The van der Waals surface area contributed by atoms with Gasteiger partial charge in [0.05, 0.1) is 34.9 Å². The highest BCUT2D eigenvalue weighted by atomic mass is 31.2. The summed E-state index contributed by atoms with van der Waals surface area (Å²) in [6, 6.07) is 5.41. The van der Waals surface area contributed by atoms with Crippen LogP contribution in [0.1, 0.15) is 60.5 Å². The van der Waals surface area contributed by atoms with E-state index in [9.17, 15) is 51.0 Å². The normalized spacial score (nSPS) is 20.7. The van der Waals surface area contributed by atoms with Gasteiger partial charge in [-0.3, -0.25) is 37.6 Å². The summed E-state index contributed by atoms with van der Waals surface area (Å²) in [7, 11) is -3.23. The second-order valence-corrected chi connectivity index (χ2v) is 15.3. The summed E-state index contributed by atoms with van der Waals surface area (Å²) in [6.07, 6.45) is -6.37. The van der Waals surface area contributed by atoms with Crippen LogP contribution in [0.5, 0.6) is 0 Å². The maximum atomic E-state index is 14.2. The Morgan fingerprint density at radius 2 is 1.63 bits per heavy atom. The number of hydrogen-bond acceptors (Lipinski definition) is 9. The summed E-state index contributed by atoms with van der Waals surface area (Å²) in [5.74, 6) is -11.1. The van der Waals surface area contributed by atoms with E-state index in [1.807, 2.05) is 6.07 Å². The molecule has 49 heavy (non-hydrogen) atoms. The summed E-state index contributed by atoms with van der Waals surface area (Å²) < 4.78 is 95.1. The van der Waals surface area contributed by atoms with Crippen LogP contribution in [0.2, 0.25) is 0 Å². The lowest BCUT2D eigenvalue weighted by Crippen LogP contribution is -2.56. The minimum Gasteiger partial charge on any atom is -0.339 e. The van der Waals surface area contributed by atoms with Crippen LogP contribution < -0.4 is 10.2 Å². The fourth-order valence-corrected chi connectivity index (χ4v) is 7.15. The Morgan fingerprint density at radius 1 is 1.08 bits per heavy atom. The van der Waals surface area contributed by atoms with Crippen molar-refractivity contribution in [2.45, 2.75) is 95.7 Å². The van der Waals surface area contributed by atoms with E-state index in [1.54, 1.807) is 65.8 Å². The smallest absolute Gasteiger partial charge is 0.339 e. The number of likely N-dealkylation sites (tertiary alicyclic amines) is 1. The van der Waals surface area contributed by atoms with E-state index < -0.39 is 85.5 Å². The third kappa shape index (κ3) is 8.57. The number of fused-ring (bicyclic) bond motifs is 2. The zero-order valence-corrected chi connectivity index (χ0v) is 29.1. The topological polar surface area (TPSA) is 159 Å². The number of carbonyl (C=O) groups is 4. The number of hydrogen-bond donors (Lipinski definition) is 1. The molecule has 2 aliphatic rings. The van der Waals surface area contributed by atoms with Crippen molar-refractivity contribution < 1.29 is 59.3 Å². The molecular weight excluding hydrogens is 684 g/mol. The van der Waals surface area contributed by atoms with Gasteiger partial charge in [0.15, 0.2) is 0 Å². The number of amides is 4. The van der Waals surface area contributed by atoms with E-state index >= 15 is 0 Å². The number of anilines is 1. The quantitative estimate of drug-likeness (QED) is 0.275. The molecule has 0 radical (unpaired) electrons. The maximum Gasteiger partial charge on any atom is 0.477 e. The van der Waals surface area contributed by atoms with E-state index in [0.717, 1.165) is 18.9 Å². The van der Waals surface area contributed by atoms with Crippen LogP contribution in [0.15, 0.2) is 24.3 Å². The average Bonchev–Trinajstić information content (AvgIpc) is 3.45. The van der Waals surface area contributed by atoms with Gasteiger partial charge in [0, 0.05) is 20.0 Å². The fraction of sp³-hybridized carbons (Fsp3) is 0.633. The molecule has 1 N–H and O–H groups in total. The molecular formula is C30H39F5N5O8P. The molecule has 2 heterocycles. The zero-order chi connectivity index (χ0) is 37.5. The van der Waals surface area contributed by atoms with Crippen molar-refractivity contribution in [1.82, 2.24) is 15.1 Å². The van der Waals surface area contributed by atoms with Crippen LogP contribution >= 0.6 is 7.82 Å². The third-order valence-electron chi connectivity index (χ3n) is 7.42. The maximum absolute atomic E-state index is 14.2. The number of nitriles is 1. The molecule has 0 aliphatic carbocycles. The SMILES string of the molecule is C[C@H](NC(=O)C(F)(F)C(F)(F)F)C(=O)N(C)CC(=O)N1C[C@]2(C[C@H]1C#N)C(=O)N(COP(=O)(OC(C)(C)C)OC(C)(C)C)c1ccccc12. The van der Waals surface area contributed by atoms with Crippen LogP contribution in [-0.4, -0.2) is 95.7 Å². The first kappa shape index (κ1) is 39.8. The predicted octanol–water partition coefficient (Wildman–Crippen LogP) is 4.27. The van der Waals surface area contributed by atoms with Gasteiger partial charge in [-0.1, -0.05) is 18.2 Å². The number of alkyl halides is 5. The summed E-state index contributed by atoms with van der Waals surface area (Å²) in [6.45, 7) is 9.00. The van der Waals surface area contributed by atoms with Gasteiger partial charge in [-0.25, -0.2) is 4.57 Å². The first-order valence-corrected chi connectivity index (χ1v) is 16.4. The standard InChI is InChI=1S/C30H39F5N5O8P/c1-18(37-24(43)29(31,32)30(33,34)35)23(42)38(8)15-22(41)39-16-28(13-19(39)14-36)20-11-9-10-12-21(20)40(25(28)44)17-46-49(45,47-26(2,3)4)48-27(5,6)7/h9-12,18-19H,13,15-17H2,1-8H3,(H,37,43)/t18-,19-,28-/m0/s1. The van der Waals surface area contributed by atoms with Gasteiger partial charge in [-0.05, 0) is 60.1 Å². The highest BCUT2D eigenvalue weighted by Gasteiger charge is 2.64. The van der Waals surface area contributed by atoms with E-state index in [4.69, 9.17) is 13.6 Å². The van der Waals surface area contributed by atoms with Gasteiger partial charge < -0.3 is 15.1 Å². The lowest BCUT2D eigenvalue weighted by Gasteiger charge is -2.32. The Bertz CT molecular complexity index is 1550. The van der Waals surface area contributed by atoms with Crippen LogP contribution in [-0.2, 0) is 42.7 Å². The number of para-hydroxylation sites is 1. The number of rotatable bonds is 10. The second-order valence-electron chi connectivity index (χ2n) is 13.8. The second kappa shape index (κ2) is 13.6. The molecule has 1 aromatic carbocycles. The van der Waals surface area contributed by atoms with Crippen molar-refractivity contribution in [1.29, 1.82) is 5.26 Å². The van der Waals surface area contributed by atoms with E-state index in [2.05, 4.69) is 0 Å². The monoisotopic (exact) mass is 723 g/mol. The lowest BCUT2D eigenvalue weighted by atomic mass is 9.79. The van der Waals surface area contributed by atoms with E-state index in [-0.39, 0.29) is 13.0 Å². The number of carbonyl (C=O) groups excluding carboxylic acids is 4. The zero-order valence-electron chi connectivity index (χ0n) is 28.2. The summed E-state index contributed by atoms with van der Waals surface area (Å²) in [5.41, 5.74) is -2.61. The molecule has 0 aromatic heterocycles. The molecule has 1 spiro atoms. The average molecular weight is 724 g/mol. The molecule has 3 atom stereocenters. The van der Waals surface area contributed by atoms with Gasteiger partial charge in [-0.15, -0.1) is 0 Å². The van der Waals surface area contributed by atoms with Crippen LogP contribution in [0.4, 0.5) is 27.6 Å². The first-order chi connectivity index (χ1) is 22.2. The Morgan fingerprint density at radius 3 is 2.14 bits per heavy atom. The van der Waals surface area contributed by atoms with Gasteiger partial charge in [0.2, 0.25) is 17.7 Å². The number of phosphoric ester groups is 1. The number of phosphoric acid groups is 1. The van der Waals surface area contributed by atoms with Gasteiger partial charge >= 0.3 is 25.8 Å². The van der Waals surface area contributed by atoms with Crippen LogP contribution in [0, 0.1) is 11.3 Å². The minimum absolute atomic E-state index is 0.174.